The van der Waals surface area contributed by atoms with Gasteiger partial charge in [-0.3, -0.25) is 0 Å². The predicted molar refractivity (Wildman–Crippen MR) is 79.7 cm³/mol. The zero-order valence-electron chi connectivity index (χ0n) is 12.5. The molecule has 0 spiro atoms. The molecule has 0 aliphatic carbocycles. The fourth-order valence-electron chi connectivity index (χ4n) is 3.99. The first-order valence-corrected chi connectivity index (χ1v) is 9.33. The summed E-state index contributed by atoms with van der Waals surface area (Å²) in [6.45, 7) is 0. The minimum Gasteiger partial charge on any atom is -0.389 e. The maximum absolute atomic E-state index is 13.1. The van der Waals surface area contributed by atoms with Gasteiger partial charge in [-0.25, -0.2) is 8.42 Å². The Hall–Kier alpha value is -1.08. The Bertz CT molecular complexity index is 677. The van der Waals surface area contributed by atoms with E-state index in [1.807, 2.05) is 0 Å². The maximum Gasteiger partial charge on any atom is 0.416 e. The highest BCUT2D eigenvalue weighted by Gasteiger charge is 2.50. The molecule has 2 unspecified atom stereocenters. The van der Waals surface area contributed by atoms with Crippen LogP contribution in [0, 0.1) is 0 Å². The molecule has 0 aromatic heterocycles. The molecule has 128 valence electrons. The van der Waals surface area contributed by atoms with E-state index in [9.17, 15) is 26.7 Å². The lowest BCUT2D eigenvalue weighted by Crippen LogP contribution is -2.52. The second-order valence-electron chi connectivity index (χ2n) is 6.73. The largest absolute Gasteiger partial charge is 0.416 e. The first-order valence-electron chi connectivity index (χ1n) is 7.72. The Morgan fingerprint density at radius 3 is 2.26 bits per heavy atom. The van der Waals surface area contributed by atoms with Crippen LogP contribution in [0.3, 0.4) is 0 Å². The molecule has 2 atom stereocenters. The summed E-state index contributed by atoms with van der Waals surface area (Å²) in [6.07, 6.45) is -2.82. The molecule has 2 bridgehead atoms. The van der Waals surface area contributed by atoms with Gasteiger partial charge in [0.2, 0.25) is 0 Å². The van der Waals surface area contributed by atoms with Gasteiger partial charge in [-0.15, -0.1) is 0 Å². The number of alkyl halides is 3. The molecular weight excluding hydrogens is 329 g/mol. The molecule has 2 heterocycles. The Morgan fingerprint density at radius 2 is 1.70 bits per heavy atom. The van der Waals surface area contributed by atoms with Crippen molar-refractivity contribution in [2.24, 2.45) is 0 Å². The van der Waals surface area contributed by atoms with Gasteiger partial charge >= 0.3 is 6.18 Å². The maximum atomic E-state index is 13.1. The number of hydrogen-bond donors (Lipinski definition) is 1. The quantitative estimate of drug-likeness (QED) is 0.893. The first kappa shape index (κ1) is 16.8. The average molecular weight is 348 g/mol. The summed E-state index contributed by atoms with van der Waals surface area (Å²) in [5.41, 5.74) is -2.12. The van der Waals surface area contributed by atoms with Crippen LogP contribution >= 0.6 is 0 Å². The second-order valence-corrected chi connectivity index (χ2v) is 9.24. The molecule has 1 aromatic rings. The van der Waals surface area contributed by atoms with E-state index in [-0.39, 0.29) is 24.8 Å². The van der Waals surface area contributed by atoms with Crippen LogP contribution in [-0.2, 0) is 22.4 Å². The fourth-order valence-corrected chi connectivity index (χ4v) is 6.61. The number of aliphatic hydroxyl groups is 1. The summed E-state index contributed by atoms with van der Waals surface area (Å²) in [5.74, 6) is 0. The van der Waals surface area contributed by atoms with Gasteiger partial charge in [0.25, 0.3) is 0 Å². The van der Waals surface area contributed by atoms with Crippen LogP contribution in [0.4, 0.5) is 13.2 Å². The molecule has 3 nitrogen and oxygen atoms in total. The van der Waals surface area contributed by atoms with Crippen molar-refractivity contribution in [3.8, 4) is 0 Å². The zero-order valence-corrected chi connectivity index (χ0v) is 13.3. The predicted octanol–water partition coefficient (Wildman–Crippen LogP) is 3.11. The summed E-state index contributed by atoms with van der Waals surface area (Å²) in [6, 6.07) is 5.18. The molecule has 1 aromatic carbocycles. The van der Waals surface area contributed by atoms with E-state index in [4.69, 9.17) is 0 Å². The third kappa shape index (κ3) is 3.13. The van der Waals surface area contributed by atoms with E-state index < -0.39 is 37.7 Å². The lowest BCUT2D eigenvalue weighted by Gasteiger charge is -2.44. The van der Waals surface area contributed by atoms with Crippen LogP contribution < -0.4 is 0 Å². The smallest absolute Gasteiger partial charge is 0.389 e. The van der Waals surface area contributed by atoms with Crippen LogP contribution in [0.5, 0.6) is 0 Å². The van der Waals surface area contributed by atoms with Crippen LogP contribution in [-0.4, -0.2) is 29.6 Å². The molecular formula is C16H19F3O3S. The van der Waals surface area contributed by atoms with E-state index in [1.54, 1.807) is 0 Å². The van der Waals surface area contributed by atoms with Crippen molar-refractivity contribution in [2.75, 3.05) is 0 Å². The van der Waals surface area contributed by atoms with Crippen molar-refractivity contribution in [1.29, 1.82) is 0 Å². The number of hydrogen-bond acceptors (Lipinski definition) is 3. The van der Waals surface area contributed by atoms with Gasteiger partial charge in [0.1, 0.15) is 0 Å². The zero-order chi connectivity index (χ0) is 16.9. The normalized spacial score (nSPS) is 33.4. The lowest BCUT2D eigenvalue weighted by molar-refractivity contribution is -0.138. The Morgan fingerprint density at radius 1 is 1.13 bits per heavy atom. The number of rotatable bonds is 2. The molecule has 0 radical (unpaired) electrons. The van der Waals surface area contributed by atoms with Crippen molar-refractivity contribution in [3.05, 3.63) is 35.4 Å². The summed E-state index contributed by atoms with van der Waals surface area (Å²) in [7, 11) is -3.25. The molecule has 7 heteroatoms. The summed E-state index contributed by atoms with van der Waals surface area (Å²) in [4.78, 5) is 0. The van der Waals surface area contributed by atoms with Gasteiger partial charge in [-0.1, -0.05) is 24.6 Å². The van der Waals surface area contributed by atoms with Gasteiger partial charge in [-0.2, -0.15) is 13.2 Å². The van der Waals surface area contributed by atoms with E-state index in [0.29, 0.717) is 12.8 Å². The van der Waals surface area contributed by atoms with Gasteiger partial charge in [0, 0.05) is 6.42 Å². The van der Waals surface area contributed by atoms with Crippen LogP contribution in [0.1, 0.15) is 43.2 Å². The average Bonchev–Trinajstić information content (AvgIpc) is 2.40. The highest BCUT2D eigenvalue weighted by molar-refractivity contribution is 7.92. The third-order valence-electron chi connectivity index (χ3n) is 5.04. The van der Waals surface area contributed by atoms with E-state index in [1.165, 1.54) is 18.2 Å². The topological polar surface area (TPSA) is 54.4 Å². The van der Waals surface area contributed by atoms with Gasteiger partial charge in [0.05, 0.1) is 21.7 Å². The molecule has 23 heavy (non-hydrogen) atoms. The van der Waals surface area contributed by atoms with Crippen LogP contribution in [0.2, 0.25) is 0 Å². The van der Waals surface area contributed by atoms with Crippen molar-refractivity contribution < 1.29 is 26.7 Å². The Kier molecular flexibility index (Phi) is 3.99. The van der Waals surface area contributed by atoms with Crippen molar-refractivity contribution in [1.82, 2.24) is 0 Å². The molecule has 2 aliphatic heterocycles. The second kappa shape index (κ2) is 5.48. The number of benzene rings is 1. The molecule has 0 amide bonds. The monoisotopic (exact) mass is 348 g/mol. The summed E-state index contributed by atoms with van der Waals surface area (Å²) < 4.78 is 63.9. The first-order chi connectivity index (χ1) is 10.6. The highest BCUT2D eigenvalue weighted by Crippen LogP contribution is 2.44. The Labute approximate surface area is 133 Å². The Balaban J connectivity index is 1.90. The fraction of sp³-hybridized carbons (Fsp3) is 0.625. The minimum absolute atomic E-state index is 0.0258. The van der Waals surface area contributed by atoms with Gasteiger partial charge in [-0.05, 0) is 37.3 Å². The molecule has 2 fully saturated rings. The third-order valence-corrected chi connectivity index (χ3v) is 7.70. The summed E-state index contributed by atoms with van der Waals surface area (Å²) in [5, 5.41) is 9.57. The lowest BCUT2D eigenvalue weighted by atomic mass is 9.80. The highest BCUT2D eigenvalue weighted by atomic mass is 32.2. The number of fused-ring (bicyclic) bond motifs is 2. The molecule has 0 saturated carbocycles. The number of sulfone groups is 1. The standard InChI is InChI=1S/C16H19F3O3S/c17-16(18,19)14-7-2-1-4-11(14)8-15(20)9-12-5-3-6-13(10-15)23(12,21)22/h1-2,4,7,12-13,20H,3,5-6,8-10H2. The van der Waals surface area contributed by atoms with Crippen LogP contribution in [0.25, 0.3) is 0 Å². The van der Waals surface area contributed by atoms with E-state index >= 15 is 0 Å². The minimum atomic E-state index is -4.48. The molecule has 2 saturated heterocycles. The molecule has 1 N–H and O–H groups in total. The van der Waals surface area contributed by atoms with E-state index in [2.05, 4.69) is 0 Å². The number of halogens is 3. The SMILES string of the molecule is O=S1(=O)C2CCCC1CC(O)(Cc1ccccc1C(F)(F)F)C2. The van der Waals surface area contributed by atoms with Gasteiger partial charge < -0.3 is 5.11 Å². The molecule has 3 rings (SSSR count). The summed E-state index contributed by atoms with van der Waals surface area (Å²) >= 11 is 0. The van der Waals surface area contributed by atoms with Crippen molar-refractivity contribution >= 4 is 9.84 Å². The van der Waals surface area contributed by atoms with Crippen molar-refractivity contribution in [3.63, 3.8) is 0 Å². The van der Waals surface area contributed by atoms with Gasteiger partial charge in [0.15, 0.2) is 9.84 Å². The van der Waals surface area contributed by atoms with Crippen molar-refractivity contribution in [2.45, 2.75) is 60.8 Å². The van der Waals surface area contributed by atoms with Crippen LogP contribution in [0.15, 0.2) is 24.3 Å². The van der Waals surface area contributed by atoms with E-state index in [0.717, 1.165) is 12.5 Å². The molecule has 2 aliphatic rings.